The van der Waals surface area contributed by atoms with Gasteiger partial charge >= 0.3 is 0 Å². The van der Waals surface area contributed by atoms with Crippen LogP contribution in [-0.2, 0) is 6.42 Å². The minimum Gasteiger partial charge on any atom is -0.492 e. The lowest BCUT2D eigenvalue weighted by Crippen LogP contribution is -2.24. The van der Waals surface area contributed by atoms with Crippen molar-refractivity contribution in [3.05, 3.63) is 56.7 Å². The van der Waals surface area contributed by atoms with E-state index in [4.69, 9.17) is 37.4 Å². The Morgan fingerprint density at radius 2 is 2.04 bits per heavy atom. The Morgan fingerprint density at radius 3 is 2.78 bits per heavy atom. The second-order valence-corrected chi connectivity index (χ2v) is 7.21. The van der Waals surface area contributed by atoms with Gasteiger partial charge in [0.15, 0.2) is 11.5 Å². The molecule has 2 aromatic carbocycles. The normalized spacial score (nSPS) is 15.1. The Hall–Kier alpha value is -2.37. The van der Waals surface area contributed by atoms with Gasteiger partial charge in [-0.2, -0.15) is 0 Å². The first-order valence-electron chi connectivity index (χ1n) is 8.41. The lowest BCUT2D eigenvalue weighted by atomic mass is 10.0. The molecule has 0 atom stereocenters. The van der Waals surface area contributed by atoms with Crippen molar-refractivity contribution < 1.29 is 19.0 Å². The first-order valence-corrected chi connectivity index (χ1v) is 9.17. The van der Waals surface area contributed by atoms with Crippen LogP contribution in [0.2, 0.25) is 10.0 Å². The molecule has 2 aromatic rings. The third kappa shape index (κ3) is 3.11. The van der Waals surface area contributed by atoms with E-state index in [0.717, 1.165) is 17.5 Å². The topological polar surface area (TPSA) is 48.0 Å². The lowest BCUT2D eigenvalue weighted by molar-refractivity contribution is 0.100. The maximum Gasteiger partial charge on any atom is 0.231 e. The highest BCUT2D eigenvalue weighted by Crippen LogP contribution is 2.46. The van der Waals surface area contributed by atoms with Gasteiger partial charge in [-0.05, 0) is 42.3 Å². The SMILES string of the molecule is COc1c2c(cc3c1OCO3)CCN(C)C(C(=O)c1ccc(Cl)cc1Cl)=C2. The zero-order chi connectivity index (χ0) is 19.1. The predicted molar refractivity (Wildman–Crippen MR) is 104 cm³/mol. The lowest BCUT2D eigenvalue weighted by Gasteiger charge is -2.20. The summed E-state index contributed by atoms with van der Waals surface area (Å²) in [6.45, 7) is 0.822. The monoisotopic (exact) mass is 405 g/mol. The zero-order valence-electron chi connectivity index (χ0n) is 14.8. The van der Waals surface area contributed by atoms with Gasteiger partial charge in [0.05, 0.1) is 17.8 Å². The highest BCUT2D eigenvalue weighted by molar-refractivity contribution is 6.37. The average Bonchev–Trinajstić information content (AvgIpc) is 3.04. The van der Waals surface area contributed by atoms with Crippen molar-refractivity contribution in [2.24, 2.45) is 0 Å². The van der Waals surface area contributed by atoms with Crippen molar-refractivity contribution in [1.29, 1.82) is 0 Å². The van der Waals surface area contributed by atoms with E-state index in [1.807, 2.05) is 24.1 Å². The number of carbonyl (C=O) groups excluding carboxylic acids is 1. The van der Waals surface area contributed by atoms with Crippen LogP contribution in [0.5, 0.6) is 17.2 Å². The van der Waals surface area contributed by atoms with Crippen LogP contribution < -0.4 is 14.2 Å². The van der Waals surface area contributed by atoms with Gasteiger partial charge in [-0.15, -0.1) is 0 Å². The van der Waals surface area contributed by atoms with Crippen LogP contribution in [-0.4, -0.2) is 38.2 Å². The maximum atomic E-state index is 13.2. The molecule has 0 unspecified atom stereocenters. The molecular formula is C20H17Cl2NO4. The number of likely N-dealkylation sites (N-methyl/N-ethyl adjacent to an activating group) is 1. The van der Waals surface area contributed by atoms with Gasteiger partial charge in [0.25, 0.3) is 0 Å². The molecule has 0 fully saturated rings. The van der Waals surface area contributed by atoms with Gasteiger partial charge in [-0.25, -0.2) is 0 Å². The number of hydrogen-bond acceptors (Lipinski definition) is 5. The van der Waals surface area contributed by atoms with Crippen LogP contribution in [0, 0.1) is 0 Å². The number of ketones is 1. The summed E-state index contributed by atoms with van der Waals surface area (Å²) < 4.78 is 16.7. The van der Waals surface area contributed by atoms with E-state index < -0.39 is 0 Å². The van der Waals surface area contributed by atoms with Gasteiger partial charge in [-0.1, -0.05) is 23.2 Å². The number of ether oxygens (including phenoxy) is 3. The number of fused-ring (bicyclic) bond motifs is 2. The highest BCUT2D eigenvalue weighted by Gasteiger charge is 2.28. The van der Waals surface area contributed by atoms with Crippen molar-refractivity contribution in [2.45, 2.75) is 6.42 Å². The fourth-order valence-electron chi connectivity index (χ4n) is 3.35. The number of halogens is 2. The molecule has 0 bridgehead atoms. The number of Topliss-reactive ketones (excluding diaryl/α,β-unsaturated/α-hetero) is 1. The summed E-state index contributed by atoms with van der Waals surface area (Å²) in [5, 5.41) is 0.809. The Morgan fingerprint density at radius 1 is 1.22 bits per heavy atom. The molecule has 2 aliphatic heterocycles. The molecule has 27 heavy (non-hydrogen) atoms. The van der Waals surface area contributed by atoms with Crippen LogP contribution in [0.4, 0.5) is 0 Å². The van der Waals surface area contributed by atoms with Gasteiger partial charge < -0.3 is 19.1 Å². The Balaban J connectivity index is 1.85. The molecule has 0 spiro atoms. The quantitative estimate of drug-likeness (QED) is 0.706. The summed E-state index contributed by atoms with van der Waals surface area (Å²) in [4.78, 5) is 15.1. The smallest absolute Gasteiger partial charge is 0.231 e. The number of benzene rings is 2. The van der Waals surface area contributed by atoms with Crippen LogP contribution in [0.1, 0.15) is 21.5 Å². The molecule has 0 aromatic heterocycles. The van der Waals surface area contributed by atoms with Crippen molar-refractivity contribution in [3.8, 4) is 17.2 Å². The molecule has 5 nitrogen and oxygen atoms in total. The zero-order valence-corrected chi connectivity index (χ0v) is 16.4. The second kappa shape index (κ2) is 6.98. The summed E-state index contributed by atoms with van der Waals surface area (Å²) in [7, 11) is 3.46. The number of hydrogen-bond donors (Lipinski definition) is 0. The van der Waals surface area contributed by atoms with E-state index >= 15 is 0 Å². The van der Waals surface area contributed by atoms with E-state index in [1.54, 1.807) is 25.3 Å². The molecule has 7 heteroatoms. The molecule has 0 radical (unpaired) electrons. The first kappa shape index (κ1) is 18.0. The van der Waals surface area contributed by atoms with Gasteiger partial charge in [-0.3, -0.25) is 4.79 Å². The fourth-order valence-corrected chi connectivity index (χ4v) is 3.85. The average molecular weight is 406 g/mol. The van der Waals surface area contributed by atoms with E-state index in [0.29, 0.717) is 45.1 Å². The third-order valence-corrected chi connectivity index (χ3v) is 5.31. The van der Waals surface area contributed by atoms with Crippen LogP contribution in [0.25, 0.3) is 6.08 Å². The van der Waals surface area contributed by atoms with Gasteiger partial charge in [0.1, 0.15) is 0 Å². The summed E-state index contributed by atoms with van der Waals surface area (Å²) in [6, 6.07) is 6.82. The Labute approximate surface area is 167 Å². The standard InChI is InChI=1S/C20H17Cl2NO4/c1-23-6-5-11-7-17-20(27-10-26-17)19(25-2)14(11)9-16(23)18(24)13-4-3-12(21)8-15(13)22/h3-4,7-9H,5-6,10H2,1-2H3. The highest BCUT2D eigenvalue weighted by atomic mass is 35.5. The van der Waals surface area contributed by atoms with Crippen LogP contribution in [0.15, 0.2) is 30.0 Å². The van der Waals surface area contributed by atoms with Crippen molar-refractivity contribution in [1.82, 2.24) is 4.90 Å². The maximum absolute atomic E-state index is 13.2. The molecule has 4 rings (SSSR count). The molecule has 0 saturated carbocycles. The predicted octanol–water partition coefficient (Wildman–Crippen LogP) is 4.44. The third-order valence-electron chi connectivity index (χ3n) is 4.76. The number of allylic oxidation sites excluding steroid dienone is 1. The molecule has 2 aliphatic rings. The van der Waals surface area contributed by atoms with E-state index in [1.165, 1.54) is 0 Å². The Bertz CT molecular complexity index is 971. The molecular weight excluding hydrogens is 389 g/mol. The molecule has 140 valence electrons. The molecule has 0 saturated heterocycles. The van der Waals surface area contributed by atoms with Crippen LogP contribution in [0.3, 0.4) is 0 Å². The first-order chi connectivity index (χ1) is 13.0. The summed E-state index contributed by atoms with van der Waals surface area (Å²) >= 11 is 12.2. The number of methoxy groups -OCH3 is 1. The minimum absolute atomic E-state index is 0.157. The van der Waals surface area contributed by atoms with E-state index in [9.17, 15) is 4.79 Å². The second-order valence-electron chi connectivity index (χ2n) is 6.37. The van der Waals surface area contributed by atoms with Crippen molar-refractivity contribution in [3.63, 3.8) is 0 Å². The Kier molecular flexibility index (Phi) is 4.66. The molecule has 0 amide bonds. The number of nitrogens with zero attached hydrogens (tertiary/aromatic N) is 1. The molecule has 0 aliphatic carbocycles. The van der Waals surface area contributed by atoms with Crippen molar-refractivity contribution in [2.75, 3.05) is 27.5 Å². The number of rotatable bonds is 3. The van der Waals surface area contributed by atoms with E-state index in [-0.39, 0.29) is 12.6 Å². The largest absolute Gasteiger partial charge is 0.492 e. The summed E-state index contributed by atoms with van der Waals surface area (Å²) in [5.74, 6) is 1.63. The molecule has 0 N–H and O–H groups in total. The summed E-state index contributed by atoms with van der Waals surface area (Å²) in [5.41, 5.74) is 2.78. The van der Waals surface area contributed by atoms with Crippen molar-refractivity contribution >= 4 is 35.1 Å². The van der Waals surface area contributed by atoms with Crippen LogP contribution >= 0.6 is 23.2 Å². The number of carbonyl (C=O) groups is 1. The van der Waals surface area contributed by atoms with Gasteiger partial charge in [0, 0.05) is 29.7 Å². The summed E-state index contributed by atoms with van der Waals surface area (Å²) in [6.07, 6.45) is 2.57. The van der Waals surface area contributed by atoms with Gasteiger partial charge in [0.2, 0.25) is 18.3 Å². The molecule has 2 heterocycles. The van der Waals surface area contributed by atoms with E-state index in [2.05, 4.69) is 0 Å². The minimum atomic E-state index is -0.174. The fraction of sp³-hybridized carbons (Fsp3) is 0.250.